The van der Waals surface area contributed by atoms with E-state index in [1.165, 1.54) is 6.07 Å². The first-order valence-electron chi connectivity index (χ1n) is 4.27. The summed E-state index contributed by atoms with van der Waals surface area (Å²) in [6.07, 6.45) is 2.63. The smallest absolute Gasteiger partial charge is 0.154 e. The summed E-state index contributed by atoms with van der Waals surface area (Å²) in [7, 11) is 0. The van der Waals surface area contributed by atoms with Crippen molar-refractivity contribution in [3.63, 3.8) is 0 Å². The van der Waals surface area contributed by atoms with Crippen LogP contribution in [-0.4, -0.2) is 6.29 Å². The Morgan fingerprint density at radius 2 is 2.21 bits per heavy atom. The minimum atomic E-state index is -0.568. The molecule has 0 aliphatic heterocycles. The zero-order valence-electron chi connectivity index (χ0n) is 7.19. The number of carbonyl (C=O) groups is 1. The fraction of sp³-hybridized carbons (Fsp3) is 0.300. The Bertz CT molecular complexity index is 402. The lowest BCUT2D eigenvalue weighted by Gasteiger charge is -2.08. The largest absolute Gasteiger partial charge is 0.298 e. The van der Waals surface area contributed by atoms with E-state index in [0.717, 1.165) is 18.4 Å². The van der Waals surface area contributed by atoms with Gasteiger partial charge in [0, 0.05) is 9.50 Å². The number of hydrogen-bond acceptors (Lipinski definition) is 1. The van der Waals surface area contributed by atoms with Gasteiger partial charge in [0.1, 0.15) is 5.82 Å². The highest BCUT2D eigenvalue weighted by atomic mass is 79.9. The second kappa shape index (κ2) is 3.63. The molecule has 1 aromatic rings. The van der Waals surface area contributed by atoms with Crippen molar-refractivity contribution in [3.05, 3.63) is 32.5 Å². The normalized spacial score (nSPS) is 15.6. The van der Waals surface area contributed by atoms with Gasteiger partial charge in [-0.3, -0.25) is 4.79 Å². The van der Waals surface area contributed by atoms with Crippen molar-refractivity contribution < 1.29 is 9.18 Å². The van der Waals surface area contributed by atoms with Crippen LogP contribution >= 0.6 is 27.5 Å². The fourth-order valence-corrected chi connectivity index (χ4v) is 2.75. The van der Waals surface area contributed by atoms with Crippen molar-refractivity contribution in [1.82, 2.24) is 0 Å². The van der Waals surface area contributed by atoms with Crippen LogP contribution in [0.3, 0.4) is 0 Å². The van der Waals surface area contributed by atoms with Crippen LogP contribution < -0.4 is 0 Å². The molecule has 1 aliphatic carbocycles. The lowest BCUT2D eigenvalue weighted by Crippen LogP contribution is -1.95. The zero-order valence-corrected chi connectivity index (χ0v) is 9.53. The maximum absolute atomic E-state index is 13.2. The molecule has 0 spiro atoms. The third-order valence-corrected chi connectivity index (χ3v) is 3.51. The fourth-order valence-electron chi connectivity index (χ4n) is 1.48. The molecule has 1 aromatic carbocycles. The standard InChI is InChI=1S/C10H7BrClFO/c11-10-6(4-14)8(13)3-7(12)9(10)5-1-2-5/h3-5H,1-2H2. The summed E-state index contributed by atoms with van der Waals surface area (Å²) < 4.78 is 13.7. The Hall–Kier alpha value is -0.410. The molecule has 0 atom stereocenters. The highest BCUT2D eigenvalue weighted by Crippen LogP contribution is 2.47. The van der Waals surface area contributed by atoms with Crippen LogP contribution in [0.2, 0.25) is 5.02 Å². The van der Waals surface area contributed by atoms with Crippen molar-refractivity contribution >= 4 is 33.8 Å². The van der Waals surface area contributed by atoms with E-state index in [1.807, 2.05) is 0 Å². The van der Waals surface area contributed by atoms with Gasteiger partial charge < -0.3 is 0 Å². The first kappa shape index (κ1) is 10.1. The summed E-state index contributed by atoms with van der Waals surface area (Å²) >= 11 is 9.14. The summed E-state index contributed by atoms with van der Waals surface area (Å²) in [4.78, 5) is 10.6. The molecule has 0 amide bonds. The van der Waals surface area contributed by atoms with Crippen LogP contribution in [-0.2, 0) is 0 Å². The first-order chi connectivity index (χ1) is 6.65. The molecule has 0 N–H and O–H groups in total. The molecule has 0 heterocycles. The molecule has 2 rings (SSSR count). The molecule has 1 nitrogen and oxygen atoms in total. The van der Waals surface area contributed by atoms with Crippen molar-refractivity contribution in [2.24, 2.45) is 0 Å². The number of halogens is 3. The summed E-state index contributed by atoms with van der Waals surface area (Å²) in [5.41, 5.74) is 0.937. The van der Waals surface area contributed by atoms with Crippen LogP contribution in [0.1, 0.15) is 34.7 Å². The molecular formula is C10H7BrClFO. The quantitative estimate of drug-likeness (QED) is 0.749. The number of benzene rings is 1. The molecule has 0 unspecified atom stereocenters. The van der Waals surface area contributed by atoms with E-state index in [-0.39, 0.29) is 5.56 Å². The van der Waals surface area contributed by atoms with E-state index in [1.54, 1.807) is 0 Å². The average Bonchev–Trinajstić information content (AvgIpc) is 2.88. The molecule has 0 saturated heterocycles. The SMILES string of the molecule is O=Cc1c(F)cc(Cl)c(C2CC2)c1Br. The van der Waals surface area contributed by atoms with Gasteiger partial charge in [0.05, 0.1) is 5.56 Å². The van der Waals surface area contributed by atoms with Crippen molar-refractivity contribution in [2.75, 3.05) is 0 Å². The molecule has 1 fully saturated rings. The summed E-state index contributed by atoms with van der Waals surface area (Å²) in [6, 6.07) is 1.21. The molecule has 1 aliphatic rings. The molecular weight excluding hydrogens is 270 g/mol. The maximum atomic E-state index is 13.2. The van der Waals surface area contributed by atoms with Gasteiger partial charge in [0.15, 0.2) is 6.29 Å². The molecule has 14 heavy (non-hydrogen) atoms. The van der Waals surface area contributed by atoms with Gasteiger partial charge in [-0.15, -0.1) is 0 Å². The Balaban J connectivity index is 2.63. The lowest BCUT2D eigenvalue weighted by atomic mass is 10.1. The van der Waals surface area contributed by atoms with Gasteiger partial charge in [-0.25, -0.2) is 4.39 Å². The second-order valence-corrected chi connectivity index (χ2v) is 4.57. The number of rotatable bonds is 2. The van der Waals surface area contributed by atoms with E-state index in [2.05, 4.69) is 15.9 Å². The van der Waals surface area contributed by atoms with Gasteiger partial charge in [0.2, 0.25) is 0 Å². The molecule has 0 radical (unpaired) electrons. The van der Waals surface area contributed by atoms with Gasteiger partial charge >= 0.3 is 0 Å². The maximum Gasteiger partial charge on any atom is 0.154 e. The predicted octanol–water partition coefficient (Wildman–Crippen LogP) is 3.93. The van der Waals surface area contributed by atoms with Crippen molar-refractivity contribution in [3.8, 4) is 0 Å². The van der Waals surface area contributed by atoms with Crippen LogP contribution in [0.15, 0.2) is 10.5 Å². The Morgan fingerprint density at radius 1 is 1.57 bits per heavy atom. The third kappa shape index (κ3) is 1.59. The van der Waals surface area contributed by atoms with Crippen LogP contribution in [0.5, 0.6) is 0 Å². The summed E-state index contributed by atoms with van der Waals surface area (Å²) in [5.74, 6) is -0.183. The van der Waals surface area contributed by atoms with E-state index in [0.29, 0.717) is 21.7 Å². The Labute approximate surface area is 94.4 Å². The number of hydrogen-bond donors (Lipinski definition) is 0. The molecule has 4 heteroatoms. The Morgan fingerprint density at radius 3 is 2.71 bits per heavy atom. The molecule has 1 saturated carbocycles. The van der Waals surface area contributed by atoms with Crippen LogP contribution in [0, 0.1) is 5.82 Å². The van der Waals surface area contributed by atoms with Crippen molar-refractivity contribution in [2.45, 2.75) is 18.8 Å². The van der Waals surface area contributed by atoms with E-state index in [4.69, 9.17) is 11.6 Å². The molecule has 74 valence electrons. The highest BCUT2D eigenvalue weighted by molar-refractivity contribution is 9.10. The highest BCUT2D eigenvalue weighted by Gasteiger charge is 2.30. The van der Waals surface area contributed by atoms with E-state index in [9.17, 15) is 9.18 Å². The summed E-state index contributed by atoms with van der Waals surface area (Å²) in [6.45, 7) is 0. The average molecular weight is 278 g/mol. The lowest BCUT2D eigenvalue weighted by molar-refractivity contribution is 0.111. The second-order valence-electron chi connectivity index (χ2n) is 3.37. The van der Waals surface area contributed by atoms with Gasteiger partial charge in [-0.1, -0.05) is 11.6 Å². The minimum absolute atomic E-state index is 0.0660. The minimum Gasteiger partial charge on any atom is -0.298 e. The van der Waals surface area contributed by atoms with Crippen LogP contribution in [0.25, 0.3) is 0 Å². The van der Waals surface area contributed by atoms with Gasteiger partial charge in [-0.2, -0.15) is 0 Å². The summed E-state index contributed by atoms with van der Waals surface area (Å²) in [5, 5.41) is 0.405. The van der Waals surface area contributed by atoms with Crippen LogP contribution in [0.4, 0.5) is 4.39 Å². The van der Waals surface area contributed by atoms with Gasteiger partial charge in [0.25, 0.3) is 0 Å². The van der Waals surface area contributed by atoms with Gasteiger partial charge in [-0.05, 0) is 46.3 Å². The topological polar surface area (TPSA) is 17.1 Å². The molecule has 0 aromatic heterocycles. The first-order valence-corrected chi connectivity index (χ1v) is 5.44. The predicted molar refractivity (Wildman–Crippen MR) is 56.5 cm³/mol. The third-order valence-electron chi connectivity index (χ3n) is 2.34. The number of aldehydes is 1. The monoisotopic (exact) mass is 276 g/mol. The molecule has 0 bridgehead atoms. The zero-order chi connectivity index (χ0) is 10.3. The van der Waals surface area contributed by atoms with E-state index < -0.39 is 5.82 Å². The Kier molecular flexibility index (Phi) is 2.62. The van der Waals surface area contributed by atoms with Crippen molar-refractivity contribution in [1.29, 1.82) is 0 Å². The number of carbonyl (C=O) groups excluding carboxylic acids is 1. The van der Waals surface area contributed by atoms with E-state index >= 15 is 0 Å².